The van der Waals surface area contributed by atoms with Crippen molar-refractivity contribution in [2.75, 3.05) is 6.61 Å². The molecular weight excluding hydrogens is 432 g/mol. The number of hydrogen-bond donors (Lipinski definition) is 2. The first-order valence-electron chi connectivity index (χ1n) is 10.9. The molecule has 2 N–H and O–H groups in total. The van der Waals surface area contributed by atoms with Crippen LogP contribution in [0.1, 0.15) is 40.0 Å². The van der Waals surface area contributed by atoms with Crippen molar-refractivity contribution in [3.63, 3.8) is 0 Å². The second-order valence-electron chi connectivity index (χ2n) is 7.95. The van der Waals surface area contributed by atoms with Gasteiger partial charge in [-0.25, -0.2) is 8.42 Å². The number of hydrogen-bond acceptors (Lipinski definition) is 6. The molecule has 4 atom stereocenters. The Bertz CT molecular complexity index is 1070. The third kappa shape index (κ3) is 5.46. The van der Waals surface area contributed by atoms with Gasteiger partial charge in [0.1, 0.15) is 6.04 Å². The Labute approximate surface area is 188 Å². The molecule has 3 rings (SSSR count). The van der Waals surface area contributed by atoms with Gasteiger partial charge < -0.3 is 14.8 Å². The second-order valence-corrected chi connectivity index (χ2v) is 9.63. The summed E-state index contributed by atoms with van der Waals surface area (Å²) in [6.07, 6.45) is 0.377. The van der Waals surface area contributed by atoms with Crippen LogP contribution in [0.25, 0.3) is 10.8 Å². The van der Waals surface area contributed by atoms with Crippen molar-refractivity contribution in [1.29, 1.82) is 0 Å². The van der Waals surface area contributed by atoms with Crippen molar-refractivity contribution in [2.24, 2.45) is 5.92 Å². The minimum absolute atomic E-state index is 0.121. The Kier molecular flexibility index (Phi) is 7.86. The lowest BCUT2D eigenvalue weighted by Gasteiger charge is -2.27. The van der Waals surface area contributed by atoms with Gasteiger partial charge in [0.05, 0.1) is 17.5 Å². The van der Waals surface area contributed by atoms with Crippen molar-refractivity contribution in [1.82, 2.24) is 10.0 Å². The molecule has 8 nitrogen and oxygen atoms in total. The highest BCUT2D eigenvalue weighted by Gasteiger charge is 2.36. The number of carbonyl (C=O) groups excluding carboxylic acids is 2. The summed E-state index contributed by atoms with van der Waals surface area (Å²) in [6, 6.07) is 10.7. The lowest BCUT2D eigenvalue weighted by molar-refractivity contribution is -0.173. The van der Waals surface area contributed by atoms with Gasteiger partial charge in [0.15, 0.2) is 0 Å². The van der Waals surface area contributed by atoms with Gasteiger partial charge >= 0.3 is 5.97 Å². The van der Waals surface area contributed by atoms with E-state index in [2.05, 4.69) is 10.0 Å². The van der Waals surface area contributed by atoms with E-state index in [1.807, 2.05) is 32.0 Å². The molecule has 1 fully saturated rings. The highest BCUT2D eigenvalue weighted by molar-refractivity contribution is 7.89. The van der Waals surface area contributed by atoms with Crippen LogP contribution >= 0.6 is 0 Å². The van der Waals surface area contributed by atoms with Gasteiger partial charge in [-0.2, -0.15) is 4.72 Å². The van der Waals surface area contributed by atoms with E-state index < -0.39 is 40.3 Å². The van der Waals surface area contributed by atoms with Gasteiger partial charge in [-0.3, -0.25) is 9.59 Å². The molecule has 1 saturated heterocycles. The number of ether oxygens (including phenoxy) is 2. The number of sulfonamides is 1. The fourth-order valence-electron chi connectivity index (χ4n) is 3.63. The summed E-state index contributed by atoms with van der Waals surface area (Å²) in [5.74, 6) is -1.17. The molecule has 1 aliphatic rings. The van der Waals surface area contributed by atoms with Crippen LogP contribution in [-0.4, -0.2) is 45.3 Å². The minimum atomic E-state index is -3.98. The van der Waals surface area contributed by atoms with Crippen molar-refractivity contribution >= 4 is 32.7 Å². The topological polar surface area (TPSA) is 111 Å². The number of benzene rings is 2. The van der Waals surface area contributed by atoms with E-state index in [1.165, 1.54) is 6.07 Å². The van der Waals surface area contributed by atoms with Gasteiger partial charge in [-0.1, -0.05) is 63.6 Å². The van der Waals surface area contributed by atoms with Gasteiger partial charge in [0.25, 0.3) is 0 Å². The molecule has 9 heteroatoms. The quantitative estimate of drug-likeness (QED) is 0.555. The second kappa shape index (κ2) is 10.4. The van der Waals surface area contributed by atoms with E-state index in [0.717, 1.165) is 5.39 Å². The summed E-state index contributed by atoms with van der Waals surface area (Å²) in [7, 11) is -3.98. The Morgan fingerprint density at radius 3 is 2.59 bits per heavy atom. The molecule has 0 aromatic heterocycles. The van der Waals surface area contributed by atoms with Crippen LogP contribution in [0.4, 0.5) is 0 Å². The van der Waals surface area contributed by atoms with Crippen LogP contribution in [0, 0.1) is 5.92 Å². The van der Waals surface area contributed by atoms with E-state index in [4.69, 9.17) is 9.47 Å². The van der Waals surface area contributed by atoms with Crippen LogP contribution in [0.2, 0.25) is 0 Å². The molecule has 1 aliphatic heterocycles. The first-order chi connectivity index (χ1) is 15.3. The van der Waals surface area contributed by atoms with E-state index in [0.29, 0.717) is 24.8 Å². The summed E-state index contributed by atoms with van der Waals surface area (Å²) in [5, 5.41) is 4.20. The van der Waals surface area contributed by atoms with Gasteiger partial charge in [-0.15, -0.1) is 0 Å². The van der Waals surface area contributed by atoms with Crippen molar-refractivity contribution in [3.8, 4) is 0 Å². The van der Waals surface area contributed by atoms with Gasteiger partial charge in [0.2, 0.25) is 22.2 Å². The third-order valence-corrected chi connectivity index (χ3v) is 7.22. The van der Waals surface area contributed by atoms with Crippen molar-refractivity contribution in [3.05, 3.63) is 42.5 Å². The standard InChI is InChI=1S/C23H30N2O6S/c1-4-15(3)21(22(27)24-18-13-14-30-23(18)31-20(26)5-2)25-32(28,29)19-12-8-10-16-9-6-7-11-17(16)19/h6-12,15,18,21,23,25H,4-5,13-14H2,1-3H3,(H,24,27)/t15-,18-,21-,23-/m0/s1. The zero-order valence-corrected chi connectivity index (χ0v) is 19.4. The summed E-state index contributed by atoms with van der Waals surface area (Å²) in [6.45, 7) is 5.71. The smallest absolute Gasteiger partial charge is 0.307 e. The lowest BCUT2D eigenvalue weighted by atomic mass is 9.99. The first-order valence-corrected chi connectivity index (χ1v) is 12.4. The highest BCUT2D eigenvalue weighted by atomic mass is 32.2. The summed E-state index contributed by atoms with van der Waals surface area (Å²) in [4.78, 5) is 24.9. The maximum atomic E-state index is 13.3. The number of nitrogens with one attached hydrogen (secondary N) is 2. The van der Waals surface area contributed by atoms with Crippen LogP contribution in [0.15, 0.2) is 47.4 Å². The fraction of sp³-hybridized carbons (Fsp3) is 0.478. The monoisotopic (exact) mass is 462 g/mol. The summed E-state index contributed by atoms with van der Waals surface area (Å²) < 4.78 is 39.8. The van der Waals surface area contributed by atoms with E-state index >= 15 is 0 Å². The highest BCUT2D eigenvalue weighted by Crippen LogP contribution is 2.24. The molecule has 0 aliphatic carbocycles. The first kappa shape index (κ1) is 24.2. The Morgan fingerprint density at radius 2 is 1.88 bits per heavy atom. The molecule has 0 radical (unpaired) electrons. The minimum Gasteiger partial charge on any atom is -0.433 e. The maximum Gasteiger partial charge on any atom is 0.307 e. The predicted octanol–water partition coefficient (Wildman–Crippen LogP) is 2.72. The molecule has 32 heavy (non-hydrogen) atoms. The van der Waals surface area contributed by atoms with Crippen molar-refractivity contribution in [2.45, 2.75) is 63.3 Å². The number of fused-ring (bicyclic) bond motifs is 1. The average molecular weight is 463 g/mol. The Hall–Kier alpha value is -2.49. The van der Waals surface area contributed by atoms with Crippen LogP contribution in [0.3, 0.4) is 0 Å². The zero-order chi connectivity index (χ0) is 23.3. The number of amides is 1. The summed E-state index contributed by atoms with van der Waals surface area (Å²) in [5.41, 5.74) is 0. The van der Waals surface area contributed by atoms with Crippen LogP contribution in [0.5, 0.6) is 0 Å². The van der Waals surface area contributed by atoms with E-state index in [9.17, 15) is 18.0 Å². The Balaban J connectivity index is 1.82. The molecule has 1 amide bonds. The molecule has 0 spiro atoms. The molecular formula is C23H30N2O6S. The molecule has 2 aromatic carbocycles. The largest absolute Gasteiger partial charge is 0.433 e. The Morgan fingerprint density at radius 1 is 1.16 bits per heavy atom. The number of carbonyl (C=O) groups is 2. The maximum absolute atomic E-state index is 13.3. The van der Waals surface area contributed by atoms with E-state index in [-0.39, 0.29) is 17.2 Å². The summed E-state index contributed by atoms with van der Waals surface area (Å²) >= 11 is 0. The van der Waals surface area contributed by atoms with E-state index in [1.54, 1.807) is 25.1 Å². The van der Waals surface area contributed by atoms with Crippen LogP contribution in [-0.2, 0) is 29.1 Å². The molecule has 2 aromatic rings. The molecule has 0 saturated carbocycles. The predicted molar refractivity (Wildman–Crippen MR) is 120 cm³/mol. The number of rotatable bonds is 9. The average Bonchev–Trinajstić information content (AvgIpc) is 3.22. The molecule has 174 valence electrons. The third-order valence-electron chi connectivity index (χ3n) is 5.72. The molecule has 1 heterocycles. The normalized spacial score (nSPS) is 20.6. The van der Waals surface area contributed by atoms with Crippen molar-refractivity contribution < 1.29 is 27.5 Å². The van der Waals surface area contributed by atoms with Gasteiger partial charge in [-0.05, 0) is 23.8 Å². The SMILES string of the molecule is CCC(=O)O[C@@H]1OCC[C@@H]1NC(=O)[C@@H](NS(=O)(=O)c1cccc2ccccc12)[C@@H](C)CC. The fourth-order valence-corrected chi connectivity index (χ4v) is 5.16. The molecule has 0 bridgehead atoms. The lowest BCUT2D eigenvalue weighted by Crippen LogP contribution is -2.54. The van der Waals surface area contributed by atoms with Gasteiger partial charge in [0, 0.05) is 11.8 Å². The number of esters is 1. The zero-order valence-electron chi connectivity index (χ0n) is 18.5. The molecule has 0 unspecified atom stereocenters. The van der Waals surface area contributed by atoms with Crippen LogP contribution < -0.4 is 10.0 Å².